The molecule has 0 fully saturated rings. The standard InChI is InChI=1S/C8H15N2/c1-8(6-7-9-2)10(3,4)5/h6-7H,1-2H2,3-5H3/q+1. The molecule has 2 heteroatoms. The maximum atomic E-state index is 3.86. The second-order valence-corrected chi connectivity index (χ2v) is 3.00. The smallest absolute Gasteiger partial charge is 0.126 e. The van der Waals surface area contributed by atoms with Gasteiger partial charge in [0.25, 0.3) is 0 Å². The van der Waals surface area contributed by atoms with Gasteiger partial charge in [0.1, 0.15) is 5.70 Å². The molecule has 0 saturated heterocycles. The molecule has 0 spiro atoms. The Morgan fingerprint density at radius 1 is 1.40 bits per heavy atom. The van der Waals surface area contributed by atoms with Crippen LogP contribution in [0.2, 0.25) is 0 Å². The van der Waals surface area contributed by atoms with Gasteiger partial charge in [-0.05, 0) is 13.3 Å². The molecule has 0 N–H and O–H groups in total. The number of hydrogen-bond donors (Lipinski definition) is 0. The molecule has 56 valence electrons. The van der Waals surface area contributed by atoms with E-state index in [0.29, 0.717) is 0 Å². The molecule has 0 aromatic heterocycles. The first-order valence-electron chi connectivity index (χ1n) is 3.12. The SMILES string of the molecule is C=NC=CC(=C)[N+](C)(C)C. The van der Waals surface area contributed by atoms with Gasteiger partial charge in [-0.1, -0.05) is 0 Å². The van der Waals surface area contributed by atoms with Crippen LogP contribution in [0, 0.1) is 0 Å². The van der Waals surface area contributed by atoms with Crippen molar-refractivity contribution in [1.29, 1.82) is 0 Å². The van der Waals surface area contributed by atoms with Crippen LogP contribution in [0.3, 0.4) is 0 Å². The zero-order valence-corrected chi connectivity index (χ0v) is 6.96. The fraction of sp³-hybridized carbons (Fsp3) is 0.375. The zero-order valence-electron chi connectivity index (χ0n) is 6.96. The number of likely N-dealkylation sites (N-methyl/N-ethyl adjacent to an activating group) is 1. The molecule has 0 rings (SSSR count). The Kier molecular flexibility index (Phi) is 3.03. The lowest BCUT2D eigenvalue weighted by molar-refractivity contribution is -0.827. The molecule has 0 bridgehead atoms. The summed E-state index contributed by atoms with van der Waals surface area (Å²) >= 11 is 0. The second kappa shape index (κ2) is 3.32. The number of allylic oxidation sites excluding steroid dienone is 1. The number of rotatable bonds is 3. The molecule has 0 aliphatic rings. The Morgan fingerprint density at radius 3 is 2.20 bits per heavy atom. The van der Waals surface area contributed by atoms with Gasteiger partial charge in [0.05, 0.1) is 21.1 Å². The van der Waals surface area contributed by atoms with Crippen molar-refractivity contribution in [3.63, 3.8) is 0 Å². The fourth-order valence-corrected chi connectivity index (χ4v) is 0.362. The van der Waals surface area contributed by atoms with E-state index in [1.54, 1.807) is 6.20 Å². The highest BCUT2D eigenvalue weighted by atomic mass is 15.3. The van der Waals surface area contributed by atoms with E-state index >= 15 is 0 Å². The summed E-state index contributed by atoms with van der Waals surface area (Å²) in [5.74, 6) is 0. The molecule has 0 unspecified atom stereocenters. The van der Waals surface area contributed by atoms with Gasteiger partial charge in [-0.15, -0.1) is 0 Å². The lowest BCUT2D eigenvalue weighted by Gasteiger charge is -2.22. The van der Waals surface area contributed by atoms with Crippen LogP contribution in [0.25, 0.3) is 0 Å². The Hall–Kier alpha value is -0.890. The summed E-state index contributed by atoms with van der Waals surface area (Å²) in [6.45, 7) is 7.19. The summed E-state index contributed by atoms with van der Waals surface area (Å²) in [4.78, 5) is 3.59. The van der Waals surface area contributed by atoms with Crippen LogP contribution in [-0.2, 0) is 0 Å². The van der Waals surface area contributed by atoms with Gasteiger partial charge < -0.3 is 0 Å². The first-order chi connectivity index (χ1) is 4.48. The average Bonchev–Trinajstić information content (AvgIpc) is 1.80. The van der Waals surface area contributed by atoms with E-state index in [9.17, 15) is 0 Å². The second-order valence-electron chi connectivity index (χ2n) is 3.00. The Bertz CT molecular complexity index is 161. The molecule has 10 heavy (non-hydrogen) atoms. The maximum absolute atomic E-state index is 3.86. The normalized spacial score (nSPS) is 11.9. The van der Waals surface area contributed by atoms with Crippen molar-refractivity contribution in [3.05, 3.63) is 24.6 Å². The van der Waals surface area contributed by atoms with Gasteiger partial charge >= 0.3 is 0 Å². The Balaban J connectivity index is 4.11. The maximum Gasteiger partial charge on any atom is 0.126 e. The molecule has 0 atom stereocenters. The predicted molar refractivity (Wildman–Crippen MR) is 45.9 cm³/mol. The number of hydrogen-bond acceptors (Lipinski definition) is 1. The monoisotopic (exact) mass is 139 g/mol. The summed E-state index contributed by atoms with van der Waals surface area (Å²) < 4.78 is 0.728. The van der Waals surface area contributed by atoms with Gasteiger partial charge in [0.15, 0.2) is 0 Å². The van der Waals surface area contributed by atoms with Crippen molar-refractivity contribution < 1.29 is 4.48 Å². The third-order valence-corrected chi connectivity index (χ3v) is 1.23. The molecule has 0 heterocycles. The van der Waals surface area contributed by atoms with E-state index in [4.69, 9.17) is 0 Å². The van der Waals surface area contributed by atoms with E-state index in [-0.39, 0.29) is 0 Å². The van der Waals surface area contributed by atoms with Gasteiger partial charge in [0, 0.05) is 12.3 Å². The largest absolute Gasteiger partial charge is 0.299 e. The molecule has 0 aromatic carbocycles. The third-order valence-electron chi connectivity index (χ3n) is 1.23. The molecule has 0 saturated carbocycles. The minimum atomic E-state index is 0.728. The number of aliphatic imine (C=N–C) groups is 1. The quantitative estimate of drug-likeness (QED) is 0.318. The highest BCUT2D eigenvalue weighted by Crippen LogP contribution is 2.05. The van der Waals surface area contributed by atoms with Crippen LogP contribution in [-0.4, -0.2) is 32.3 Å². The van der Waals surface area contributed by atoms with Crippen LogP contribution < -0.4 is 0 Å². The lowest BCUT2D eigenvalue weighted by atomic mass is 10.4. The molecule has 0 aliphatic heterocycles. The number of nitrogens with zero attached hydrogens (tertiary/aromatic N) is 2. The summed E-state index contributed by atoms with van der Waals surface area (Å²) in [6, 6.07) is 0. The number of quaternary nitrogens is 1. The first kappa shape index (κ1) is 9.11. The topological polar surface area (TPSA) is 12.4 Å². The zero-order chi connectivity index (χ0) is 8.20. The molecular weight excluding hydrogens is 124 g/mol. The van der Waals surface area contributed by atoms with Gasteiger partial charge in [-0.2, -0.15) is 0 Å². The minimum absolute atomic E-state index is 0.728. The predicted octanol–water partition coefficient (Wildman–Crippen LogP) is 1.42. The van der Waals surface area contributed by atoms with E-state index in [1.807, 2.05) is 6.08 Å². The van der Waals surface area contributed by atoms with E-state index < -0.39 is 0 Å². The van der Waals surface area contributed by atoms with Gasteiger partial charge in [-0.3, -0.25) is 9.48 Å². The average molecular weight is 139 g/mol. The van der Waals surface area contributed by atoms with Crippen molar-refractivity contribution in [2.24, 2.45) is 4.99 Å². The van der Waals surface area contributed by atoms with Crippen LogP contribution in [0.5, 0.6) is 0 Å². The van der Waals surface area contributed by atoms with Crippen molar-refractivity contribution in [3.8, 4) is 0 Å². The summed E-state index contributed by atoms with van der Waals surface area (Å²) in [5, 5.41) is 0. The minimum Gasteiger partial charge on any atom is -0.299 e. The van der Waals surface area contributed by atoms with Crippen LogP contribution in [0.15, 0.2) is 29.5 Å². The van der Waals surface area contributed by atoms with Gasteiger partial charge in [-0.25, -0.2) is 0 Å². The Labute approximate surface area is 62.8 Å². The summed E-state index contributed by atoms with van der Waals surface area (Å²) in [7, 11) is 6.15. The van der Waals surface area contributed by atoms with Crippen LogP contribution in [0.4, 0.5) is 0 Å². The summed E-state index contributed by atoms with van der Waals surface area (Å²) in [5.41, 5.74) is 1.01. The molecule has 0 aromatic rings. The molecule has 0 radical (unpaired) electrons. The highest BCUT2D eigenvalue weighted by molar-refractivity contribution is 5.26. The van der Waals surface area contributed by atoms with Crippen molar-refractivity contribution in [1.82, 2.24) is 0 Å². The summed E-state index contributed by atoms with van der Waals surface area (Å²) in [6.07, 6.45) is 3.50. The van der Waals surface area contributed by atoms with E-state index in [2.05, 4.69) is 39.4 Å². The third kappa shape index (κ3) is 3.20. The highest BCUT2D eigenvalue weighted by Gasteiger charge is 2.08. The Morgan fingerprint density at radius 2 is 1.90 bits per heavy atom. The molecule has 2 nitrogen and oxygen atoms in total. The lowest BCUT2D eigenvalue weighted by Crippen LogP contribution is -2.31. The fourth-order valence-electron chi connectivity index (χ4n) is 0.362. The molecule has 0 amide bonds. The van der Waals surface area contributed by atoms with Crippen molar-refractivity contribution in [2.75, 3.05) is 21.1 Å². The molecule has 0 aliphatic carbocycles. The van der Waals surface area contributed by atoms with Crippen molar-refractivity contribution >= 4 is 6.72 Å². The van der Waals surface area contributed by atoms with E-state index in [1.165, 1.54) is 0 Å². The van der Waals surface area contributed by atoms with E-state index in [0.717, 1.165) is 10.2 Å². The van der Waals surface area contributed by atoms with Crippen LogP contribution >= 0.6 is 0 Å². The first-order valence-corrected chi connectivity index (χ1v) is 3.12. The van der Waals surface area contributed by atoms with Crippen LogP contribution in [0.1, 0.15) is 0 Å². The van der Waals surface area contributed by atoms with Gasteiger partial charge in [0.2, 0.25) is 0 Å². The molecular formula is C8H15N2+. The van der Waals surface area contributed by atoms with Crippen molar-refractivity contribution in [2.45, 2.75) is 0 Å².